The molecule has 3 aliphatic heterocycles. The van der Waals surface area contributed by atoms with E-state index in [0.29, 0.717) is 0 Å². The van der Waals surface area contributed by atoms with Crippen molar-refractivity contribution in [2.75, 3.05) is 72.5 Å². The van der Waals surface area contributed by atoms with Crippen LogP contribution in [0.15, 0.2) is 0 Å². The van der Waals surface area contributed by atoms with Gasteiger partial charge in [0.05, 0.1) is 0 Å². The summed E-state index contributed by atoms with van der Waals surface area (Å²) >= 11 is 0. The van der Waals surface area contributed by atoms with Crippen LogP contribution in [0.5, 0.6) is 0 Å². The van der Waals surface area contributed by atoms with Crippen molar-refractivity contribution in [3.63, 3.8) is 0 Å². The highest BCUT2D eigenvalue weighted by atomic mass is 15.3. The predicted molar refractivity (Wildman–Crippen MR) is 77.0 cm³/mol. The fraction of sp³-hybridized carbons (Fsp3) is 1.00. The van der Waals surface area contributed by atoms with E-state index in [1.165, 1.54) is 58.8 Å². The third-order valence-electron chi connectivity index (χ3n) is 4.21. The molecule has 18 heavy (non-hydrogen) atoms. The molecule has 3 heterocycles. The number of fused-ring (bicyclic) bond motifs is 11. The number of likely N-dealkylation sites (N-methyl/N-ethyl adjacent to an activating group) is 1. The number of nitrogens with zero attached hydrogens (tertiary/aromatic N) is 3. The topological polar surface area (TPSA) is 21.8 Å². The van der Waals surface area contributed by atoms with Crippen molar-refractivity contribution in [2.24, 2.45) is 5.92 Å². The van der Waals surface area contributed by atoms with E-state index in [0.717, 1.165) is 19.0 Å². The van der Waals surface area contributed by atoms with E-state index < -0.39 is 0 Å². The smallest absolute Gasteiger partial charge is 0.0110 e. The summed E-state index contributed by atoms with van der Waals surface area (Å²) in [4.78, 5) is 7.74. The lowest BCUT2D eigenvalue weighted by Gasteiger charge is -2.36. The van der Waals surface area contributed by atoms with Crippen molar-refractivity contribution in [3.8, 4) is 0 Å². The highest BCUT2D eigenvalue weighted by Gasteiger charge is 2.18. The van der Waals surface area contributed by atoms with Crippen molar-refractivity contribution >= 4 is 0 Å². The van der Waals surface area contributed by atoms with Gasteiger partial charge in [0.15, 0.2) is 0 Å². The molecular weight excluding hydrogens is 224 g/mol. The molecule has 2 bridgehead atoms. The average molecular weight is 254 g/mol. The van der Waals surface area contributed by atoms with Gasteiger partial charge in [-0.1, -0.05) is 6.92 Å². The van der Waals surface area contributed by atoms with Gasteiger partial charge in [-0.15, -0.1) is 0 Å². The zero-order valence-electron chi connectivity index (χ0n) is 12.2. The molecule has 0 aromatic rings. The van der Waals surface area contributed by atoms with E-state index >= 15 is 0 Å². The van der Waals surface area contributed by atoms with E-state index in [1.807, 2.05) is 0 Å². The Labute approximate surface area is 112 Å². The van der Waals surface area contributed by atoms with Gasteiger partial charge in [-0.3, -0.25) is 0 Å². The summed E-state index contributed by atoms with van der Waals surface area (Å²) in [7, 11) is 2.24. The first-order valence-corrected chi connectivity index (χ1v) is 7.58. The van der Waals surface area contributed by atoms with Gasteiger partial charge < -0.3 is 20.0 Å². The predicted octanol–water partition coefficient (Wildman–Crippen LogP) is 0.165. The van der Waals surface area contributed by atoms with Crippen molar-refractivity contribution in [2.45, 2.75) is 13.3 Å². The molecule has 3 aliphatic rings. The van der Waals surface area contributed by atoms with Gasteiger partial charge in [0, 0.05) is 45.8 Å². The maximum atomic E-state index is 3.60. The molecule has 0 amide bonds. The van der Waals surface area contributed by atoms with Crippen LogP contribution in [0.2, 0.25) is 0 Å². The maximum absolute atomic E-state index is 3.60. The SMILES string of the molecule is CC1CNCCN(C)CCCN2CCN(CC2)C1. The molecule has 3 rings (SSSR count). The molecule has 0 aliphatic carbocycles. The lowest BCUT2D eigenvalue weighted by atomic mass is 10.1. The number of rotatable bonds is 0. The van der Waals surface area contributed by atoms with E-state index in [1.54, 1.807) is 0 Å². The molecule has 1 unspecified atom stereocenters. The van der Waals surface area contributed by atoms with Crippen molar-refractivity contribution in [1.29, 1.82) is 0 Å². The number of hydrogen-bond donors (Lipinski definition) is 1. The first-order valence-electron chi connectivity index (χ1n) is 7.58. The molecular formula is C14H30N4. The fourth-order valence-corrected chi connectivity index (χ4v) is 3.00. The van der Waals surface area contributed by atoms with Crippen molar-refractivity contribution in [3.05, 3.63) is 0 Å². The second kappa shape index (κ2) is 7.43. The summed E-state index contributed by atoms with van der Waals surface area (Å²) in [5.41, 5.74) is 0. The standard InChI is InChI=1S/C14H30N4/c1-14-12-15-4-7-16(2)5-3-6-17-8-10-18(13-14)11-9-17/h14-15H,3-13H2,1-2H3. The van der Waals surface area contributed by atoms with E-state index in [4.69, 9.17) is 0 Å². The monoisotopic (exact) mass is 254 g/mol. The zero-order chi connectivity index (χ0) is 12.8. The Morgan fingerprint density at radius 3 is 2.39 bits per heavy atom. The number of hydrogen-bond acceptors (Lipinski definition) is 4. The summed E-state index contributed by atoms with van der Waals surface area (Å²) in [5.74, 6) is 0.768. The van der Waals surface area contributed by atoms with Crippen LogP contribution in [-0.2, 0) is 0 Å². The van der Waals surface area contributed by atoms with Crippen molar-refractivity contribution in [1.82, 2.24) is 20.0 Å². The van der Waals surface area contributed by atoms with Crippen LogP contribution in [-0.4, -0.2) is 87.2 Å². The molecule has 0 aromatic carbocycles. The van der Waals surface area contributed by atoms with Crippen LogP contribution >= 0.6 is 0 Å². The lowest BCUT2D eigenvalue weighted by molar-refractivity contribution is 0.114. The minimum Gasteiger partial charge on any atom is -0.315 e. The third-order valence-corrected chi connectivity index (χ3v) is 4.21. The summed E-state index contributed by atoms with van der Waals surface area (Å²) in [6.07, 6.45) is 1.31. The highest BCUT2D eigenvalue weighted by molar-refractivity contribution is 4.75. The Bertz CT molecular complexity index is 226. The molecule has 3 saturated heterocycles. The quantitative estimate of drug-likeness (QED) is 0.665. The Morgan fingerprint density at radius 1 is 0.889 bits per heavy atom. The summed E-state index contributed by atoms with van der Waals surface area (Å²) < 4.78 is 0. The van der Waals surface area contributed by atoms with Crippen LogP contribution in [0.25, 0.3) is 0 Å². The molecule has 3 fully saturated rings. The van der Waals surface area contributed by atoms with Crippen LogP contribution in [0.1, 0.15) is 13.3 Å². The summed E-state index contributed by atoms with van der Waals surface area (Å²) in [6.45, 7) is 14.7. The normalized spacial score (nSPS) is 37.3. The van der Waals surface area contributed by atoms with Gasteiger partial charge in [0.2, 0.25) is 0 Å². The van der Waals surface area contributed by atoms with Crippen molar-refractivity contribution < 1.29 is 0 Å². The number of piperazine rings is 1. The number of nitrogens with one attached hydrogen (secondary N) is 1. The molecule has 1 N–H and O–H groups in total. The average Bonchev–Trinajstić information content (AvgIpc) is 2.36. The van der Waals surface area contributed by atoms with E-state index in [2.05, 4.69) is 34.0 Å². The minimum atomic E-state index is 0.768. The van der Waals surface area contributed by atoms with Crippen LogP contribution in [0.4, 0.5) is 0 Å². The van der Waals surface area contributed by atoms with E-state index in [9.17, 15) is 0 Å². The van der Waals surface area contributed by atoms with Gasteiger partial charge >= 0.3 is 0 Å². The first-order chi connectivity index (χ1) is 8.74. The largest absolute Gasteiger partial charge is 0.315 e. The first kappa shape index (κ1) is 14.3. The second-order valence-corrected chi connectivity index (χ2v) is 6.11. The van der Waals surface area contributed by atoms with Gasteiger partial charge in [-0.25, -0.2) is 0 Å². The third kappa shape index (κ3) is 4.84. The summed E-state index contributed by atoms with van der Waals surface area (Å²) in [5, 5.41) is 3.60. The molecule has 0 radical (unpaired) electrons. The molecule has 0 saturated carbocycles. The van der Waals surface area contributed by atoms with Gasteiger partial charge in [-0.2, -0.15) is 0 Å². The van der Waals surface area contributed by atoms with Gasteiger partial charge in [-0.05, 0) is 39.0 Å². The Balaban J connectivity index is 1.82. The maximum Gasteiger partial charge on any atom is 0.0110 e. The fourth-order valence-electron chi connectivity index (χ4n) is 3.00. The van der Waals surface area contributed by atoms with Crippen LogP contribution in [0, 0.1) is 5.92 Å². The van der Waals surface area contributed by atoms with Crippen LogP contribution in [0.3, 0.4) is 0 Å². The Kier molecular flexibility index (Phi) is 5.89. The van der Waals surface area contributed by atoms with Crippen LogP contribution < -0.4 is 5.32 Å². The van der Waals surface area contributed by atoms with Gasteiger partial charge in [0.1, 0.15) is 0 Å². The van der Waals surface area contributed by atoms with E-state index in [-0.39, 0.29) is 0 Å². The molecule has 0 spiro atoms. The summed E-state index contributed by atoms with van der Waals surface area (Å²) in [6, 6.07) is 0. The molecule has 1 atom stereocenters. The molecule has 106 valence electrons. The molecule has 0 aromatic heterocycles. The van der Waals surface area contributed by atoms with Gasteiger partial charge in [0.25, 0.3) is 0 Å². The molecule has 4 nitrogen and oxygen atoms in total. The zero-order valence-corrected chi connectivity index (χ0v) is 12.2. The minimum absolute atomic E-state index is 0.768. The Hall–Kier alpha value is -0.160. The Morgan fingerprint density at radius 2 is 1.61 bits per heavy atom. The second-order valence-electron chi connectivity index (χ2n) is 6.11. The highest BCUT2D eigenvalue weighted by Crippen LogP contribution is 2.06. The molecule has 4 heteroatoms. The lowest BCUT2D eigenvalue weighted by Crippen LogP contribution is -2.49.